The molecule has 0 radical (unpaired) electrons. The number of carbonyl (C=O) groups excluding carboxylic acids is 1. The molecule has 0 aliphatic heterocycles. The first-order valence-corrected chi connectivity index (χ1v) is 5.05. The third-order valence-electron chi connectivity index (χ3n) is 2.30. The molecule has 2 N–H and O–H groups in total. The van der Waals surface area contributed by atoms with Gasteiger partial charge in [-0.05, 0) is 43.5 Å². The van der Waals surface area contributed by atoms with Crippen molar-refractivity contribution in [1.29, 1.82) is 0 Å². The molecule has 1 rings (SSSR count). The van der Waals surface area contributed by atoms with Crippen molar-refractivity contribution in [1.82, 2.24) is 0 Å². The zero-order valence-electron chi connectivity index (χ0n) is 9.46. The van der Waals surface area contributed by atoms with Gasteiger partial charge in [0.15, 0.2) is 0 Å². The number of benzene rings is 1. The van der Waals surface area contributed by atoms with E-state index < -0.39 is 0 Å². The molecule has 0 saturated heterocycles. The van der Waals surface area contributed by atoms with Gasteiger partial charge in [0.2, 0.25) is 5.91 Å². The highest BCUT2D eigenvalue weighted by atomic mass is 16.5. The normalized spacial score (nSPS) is 10.1. The van der Waals surface area contributed by atoms with Crippen LogP contribution in [0.4, 0.5) is 0 Å². The number of hydrogen-bond acceptors (Lipinski definition) is 2. The van der Waals surface area contributed by atoms with E-state index in [9.17, 15) is 4.79 Å². The third kappa shape index (κ3) is 2.98. The summed E-state index contributed by atoms with van der Waals surface area (Å²) in [4.78, 5) is 10.8. The zero-order chi connectivity index (χ0) is 11.4. The van der Waals surface area contributed by atoms with Gasteiger partial charge >= 0.3 is 0 Å². The SMILES string of the molecule is CCOc1cc(C)c(CC(N)=O)cc1C. The Morgan fingerprint density at radius 1 is 1.33 bits per heavy atom. The fourth-order valence-electron chi connectivity index (χ4n) is 1.54. The average molecular weight is 207 g/mol. The van der Waals surface area contributed by atoms with E-state index in [1.54, 1.807) is 0 Å². The first-order chi connectivity index (χ1) is 7.04. The van der Waals surface area contributed by atoms with Gasteiger partial charge in [0.25, 0.3) is 0 Å². The lowest BCUT2D eigenvalue weighted by Gasteiger charge is -2.11. The second-order valence-electron chi connectivity index (χ2n) is 3.62. The third-order valence-corrected chi connectivity index (χ3v) is 2.30. The molecule has 0 atom stereocenters. The predicted molar refractivity (Wildman–Crippen MR) is 60.0 cm³/mol. The van der Waals surface area contributed by atoms with Crippen LogP contribution < -0.4 is 10.5 Å². The van der Waals surface area contributed by atoms with E-state index in [1.165, 1.54) is 0 Å². The van der Waals surface area contributed by atoms with Crippen LogP contribution in [0, 0.1) is 13.8 Å². The first kappa shape index (κ1) is 11.6. The summed E-state index contributed by atoms with van der Waals surface area (Å²) >= 11 is 0. The molecular weight excluding hydrogens is 190 g/mol. The van der Waals surface area contributed by atoms with Crippen LogP contribution in [-0.4, -0.2) is 12.5 Å². The standard InChI is InChI=1S/C12H17NO2/c1-4-15-11-6-8(2)10(5-9(11)3)7-12(13)14/h5-6H,4,7H2,1-3H3,(H2,13,14). The molecule has 0 bridgehead atoms. The monoisotopic (exact) mass is 207 g/mol. The summed E-state index contributed by atoms with van der Waals surface area (Å²) < 4.78 is 5.46. The second-order valence-corrected chi connectivity index (χ2v) is 3.62. The maximum atomic E-state index is 10.8. The van der Waals surface area contributed by atoms with Crippen LogP contribution in [0.15, 0.2) is 12.1 Å². The molecule has 3 heteroatoms. The molecule has 1 aromatic rings. The summed E-state index contributed by atoms with van der Waals surface area (Å²) in [5.74, 6) is 0.574. The second kappa shape index (κ2) is 4.82. The summed E-state index contributed by atoms with van der Waals surface area (Å²) in [6.07, 6.45) is 0.291. The first-order valence-electron chi connectivity index (χ1n) is 5.05. The minimum Gasteiger partial charge on any atom is -0.494 e. The Labute approximate surface area is 90.2 Å². The van der Waals surface area contributed by atoms with Gasteiger partial charge in [0.1, 0.15) is 5.75 Å². The Morgan fingerprint density at radius 3 is 2.53 bits per heavy atom. The summed E-state index contributed by atoms with van der Waals surface area (Å²) in [6.45, 7) is 6.52. The van der Waals surface area contributed by atoms with Crippen LogP contribution in [0.3, 0.4) is 0 Å². The predicted octanol–water partition coefficient (Wildman–Crippen LogP) is 1.73. The lowest BCUT2D eigenvalue weighted by Crippen LogP contribution is -2.14. The fourth-order valence-corrected chi connectivity index (χ4v) is 1.54. The molecule has 1 aromatic carbocycles. The molecule has 0 saturated carbocycles. The summed E-state index contributed by atoms with van der Waals surface area (Å²) in [5.41, 5.74) is 8.23. The number of rotatable bonds is 4. The Bertz CT molecular complexity index is 372. The molecule has 0 aromatic heterocycles. The Morgan fingerprint density at radius 2 is 2.00 bits per heavy atom. The molecule has 3 nitrogen and oxygen atoms in total. The topological polar surface area (TPSA) is 52.3 Å². The smallest absolute Gasteiger partial charge is 0.221 e. The molecule has 1 amide bonds. The molecule has 0 spiro atoms. The van der Waals surface area contributed by atoms with Crippen molar-refractivity contribution in [2.75, 3.05) is 6.61 Å². The van der Waals surface area contributed by atoms with Crippen LogP contribution >= 0.6 is 0 Å². The lowest BCUT2D eigenvalue weighted by molar-refractivity contribution is -0.117. The van der Waals surface area contributed by atoms with Crippen LogP contribution in [0.25, 0.3) is 0 Å². The number of primary amides is 1. The van der Waals surface area contributed by atoms with Gasteiger partial charge < -0.3 is 10.5 Å². The summed E-state index contributed by atoms with van der Waals surface area (Å²) in [7, 11) is 0. The number of carbonyl (C=O) groups is 1. The van der Waals surface area contributed by atoms with Gasteiger partial charge in [-0.3, -0.25) is 4.79 Å². The van der Waals surface area contributed by atoms with Gasteiger partial charge in [-0.15, -0.1) is 0 Å². The van der Waals surface area contributed by atoms with Crippen LogP contribution in [0.2, 0.25) is 0 Å². The van der Waals surface area contributed by atoms with Crippen molar-refractivity contribution >= 4 is 5.91 Å². The van der Waals surface area contributed by atoms with E-state index in [-0.39, 0.29) is 5.91 Å². The molecule has 0 heterocycles. The van der Waals surface area contributed by atoms with Crippen LogP contribution in [-0.2, 0) is 11.2 Å². The van der Waals surface area contributed by atoms with Crippen molar-refractivity contribution < 1.29 is 9.53 Å². The number of ether oxygens (including phenoxy) is 1. The van der Waals surface area contributed by atoms with Crippen molar-refractivity contribution in [3.8, 4) is 5.75 Å². The highest BCUT2D eigenvalue weighted by Gasteiger charge is 2.07. The number of hydrogen-bond donors (Lipinski definition) is 1. The molecular formula is C12H17NO2. The van der Waals surface area contributed by atoms with Gasteiger partial charge in [0.05, 0.1) is 13.0 Å². The number of amides is 1. The minimum atomic E-state index is -0.304. The van der Waals surface area contributed by atoms with Gasteiger partial charge in [-0.2, -0.15) is 0 Å². The quantitative estimate of drug-likeness (QED) is 0.817. The van der Waals surface area contributed by atoms with E-state index in [0.717, 1.165) is 22.4 Å². The van der Waals surface area contributed by atoms with E-state index in [1.807, 2.05) is 32.9 Å². The Balaban J connectivity index is 3.02. The largest absolute Gasteiger partial charge is 0.494 e. The highest BCUT2D eigenvalue weighted by molar-refractivity contribution is 5.77. The average Bonchev–Trinajstić information content (AvgIpc) is 2.13. The molecule has 15 heavy (non-hydrogen) atoms. The Hall–Kier alpha value is -1.51. The van der Waals surface area contributed by atoms with Gasteiger partial charge in [0, 0.05) is 0 Å². The maximum Gasteiger partial charge on any atom is 0.221 e. The van der Waals surface area contributed by atoms with E-state index in [0.29, 0.717) is 13.0 Å². The lowest BCUT2D eigenvalue weighted by atomic mass is 10.0. The van der Waals surface area contributed by atoms with Crippen molar-refractivity contribution in [2.24, 2.45) is 5.73 Å². The van der Waals surface area contributed by atoms with E-state index in [4.69, 9.17) is 10.5 Å². The van der Waals surface area contributed by atoms with Gasteiger partial charge in [-0.1, -0.05) is 6.07 Å². The zero-order valence-corrected chi connectivity index (χ0v) is 9.46. The molecule has 82 valence electrons. The van der Waals surface area contributed by atoms with Crippen LogP contribution in [0.5, 0.6) is 5.75 Å². The maximum absolute atomic E-state index is 10.8. The van der Waals surface area contributed by atoms with Crippen LogP contribution in [0.1, 0.15) is 23.6 Å². The Kier molecular flexibility index (Phi) is 3.72. The molecule has 0 aliphatic carbocycles. The molecule has 0 aliphatic rings. The summed E-state index contributed by atoms with van der Waals surface area (Å²) in [5, 5.41) is 0. The summed E-state index contributed by atoms with van der Waals surface area (Å²) in [6, 6.07) is 3.92. The number of nitrogens with two attached hydrogens (primary N) is 1. The fraction of sp³-hybridized carbons (Fsp3) is 0.417. The van der Waals surface area contributed by atoms with Gasteiger partial charge in [-0.25, -0.2) is 0 Å². The molecule has 0 fully saturated rings. The van der Waals surface area contributed by atoms with E-state index in [2.05, 4.69) is 0 Å². The minimum absolute atomic E-state index is 0.291. The van der Waals surface area contributed by atoms with Crippen molar-refractivity contribution in [3.63, 3.8) is 0 Å². The van der Waals surface area contributed by atoms with E-state index >= 15 is 0 Å². The van der Waals surface area contributed by atoms with Crippen molar-refractivity contribution in [2.45, 2.75) is 27.2 Å². The molecule has 0 unspecified atom stereocenters. The number of aryl methyl sites for hydroxylation is 2. The highest BCUT2D eigenvalue weighted by Crippen LogP contribution is 2.23. The van der Waals surface area contributed by atoms with Crippen molar-refractivity contribution in [3.05, 3.63) is 28.8 Å².